The maximum atomic E-state index is 11.4. The van der Waals surface area contributed by atoms with Gasteiger partial charge in [-0.1, -0.05) is 59.6 Å². The van der Waals surface area contributed by atoms with Crippen LogP contribution in [0.15, 0.2) is 60.7 Å². The molecule has 0 saturated heterocycles. The van der Waals surface area contributed by atoms with Crippen molar-refractivity contribution in [1.82, 2.24) is 0 Å². The molecule has 0 saturated carbocycles. The summed E-state index contributed by atoms with van der Waals surface area (Å²) in [5.41, 5.74) is 3.88. The highest BCUT2D eigenvalue weighted by molar-refractivity contribution is 6.42. The molecular weight excluding hydrogens is 367 g/mol. The second kappa shape index (κ2) is 8.39. The molecule has 0 fully saturated rings. The number of hydrogen-bond donors (Lipinski definition) is 1. The molecule has 3 aromatic carbocycles. The van der Waals surface area contributed by atoms with E-state index in [9.17, 15) is 9.90 Å². The summed E-state index contributed by atoms with van der Waals surface area (Å²) in [6, 6.07) is 19.1. The van der Waals surface area contributed by atoms with Crippen molar-refractivity contribution in [2.45, 2.75) is 19.3 Å². The van der Waals surface area contributed by atoms with E-state index in [0.717, 1.165) is 30.4 Å². The Kier molecular flexibility index (Phi) is 5.97. The number of benzene rings is 3. The Morgan fingerprint density at radius 3 is 2.27 bits per heavy atom. The number of aromatic hydroxyl groups is 1. The van der Waals surface area contributed by atoms with Crippen LogP contribution in [0.4, 0.5) is 0 Å². The molecule has 0 aliphatic carbocycles. The highest BCUT2D eigenvalue weighted by Crippen LogP contribution is 2.36. The molecule has 0 unspecified atom stereocenters. The predicted molar refractivity (Wildman–Crippen MR) is 107 cm³/mol. The highest BCUT2D eigenvalue weighted by atomic mass is 35.5. The van der Waals surface area contributed by atoms with Gasteiger partial charge >= 0.3 is 0 Å². The fourth-order valence-corrected chi connectivity index (χ4v) is 3.28. The Bertz CT molecular complexity index is 921. The van der Waals surface area contributed by atoms with E-state index in [0.29, 0.717) is 21.9 Å². The van der Waals surface area contributed by atoms with Crippen molar-refractivity contribution in [2.75, 3.05) is 0 Å². The standard InChI is InChI=1S/C22H18Cl2O2/c23-20-10-9-17(13-21(20)24)19-12-16(11-18(14-25)22(19)26)8-4-7-15-5-2-1-3-6-15/h1-3,5-6,9-14,26H,4,7-8H2. The van der Waals surface area contributed by atoms with E-state index < -0.39 is 0 Å². The number of rotatable bonds is 6. The van der Waals surface area contributed by atoms with E-state index >= 15 is 0 Å². The minimum absolute atomic E-state index is 0.0369. The van der Waals surface area contributed by atoms with E-state index in [1.165, 1.54) is 5.56 Å². The number of aryl methyl sites for hydroxylation is 2. The molecule has 0 aliphatic heterocycles. The fraction of sp³-hybridized carbons (Fsp3) is 0.136. The molecule has 0 bridgehead atoms. The summed E-state index contributed by atoms with van der Waals surface area (Å²) in [7, 11) is 0. The zero-order valence-electron chi connectivity index (χ0n) is 14.1. The third-order valence-electron chi connectivity index (χ3n) is 4.33. The minimum Gasteiger partial charge on any atom is -0.507 e. The molecule has 0 aromatic heterocycles. The lowest BCUT2D eigenvalue weighted by molar-refractivity contribution is 0.112. The lowest BCUT2D eigenvalue weighted by Gasteiger charge is -2.12. The van der Waals surface area contributed by atoms with Crippen LogP contribution in [-0.4, -0.2) is 11.4 Å². The molecule has 2 nitrogen and oxygen atoms in total. The third kappa shape index (κ3) is 4.27. The minimum atomic E-state index is -0.0369. The number of halogens is 2. The second-order valence-electron chi connectivity index (χ2n) is 6.17. The van der Waals surface area contributed by atoms with Crippen LogP contribution in [0.25, 0.3) is 11.1 Å². The monoisotopic (exact) mass is 384 g/mol. The molecular formula is C22H18Cl2O2. The van der Waals surface area contributed by atoms with Crippen LogP contribution in [0.5, 0.6) is 5.75 Å². The number of aldehydes is 1. The SMILES string of the molecule is O=Cc1cc(CCCc2ccccc2)cc(-c2ccc(Cl)c(Cl)c2)c1O. The summed E-state index contributed by atoms with van der Waals surface area (Å²) in [4.78, 5) is 11.4. The summed E-state index contributed by atoms with van der Waals surface area (Å²) in [5, 5.41) is 11.3. The lowest BCUT2D eigenvalue weighted by Crippen LogP contribution is -1.94. The van der Waals surface area contributed by atoms with Gasteiger partial charge in [0.1, 0.15) is 5.75 Å². The molecule has 1 N–H and O–H groups in total. The van der Waals surface area contributed by atoms with Gasteiger partial charge in [0.05, 0.1) is 15.6 Å². The first-order valence-electron chi connectivity index (χ1n) is 8.39. The van der Waals surface area contributed by atoms with Crippen molar-refractivity contribution in [1.29, 1.82) is 0 Å². The summed E-state index contributed by atoms with van der Waals surface area (Å²) in [5.74, 6) is -0.0369. The average Bonchev–Trinajstić information content (AvgIpc) is 2.66. The molecule has 0 aliphatic rings. The molecule has 3 rings (SSSR count). The summed E-state index contributed by atoms with van der Waals surface area (Å²) < 4.78 is 0. The normalized spacial score (nSPS) is 10.7. The molecule has 0 radical (unpaired) electrons. The van der Waals surface area contributed by atoms with Gasteiger partial charge in [-0.3, -0.25) is 4.79 Å². The van der Waals surface area contributed by atoms with Crippen LogP contribution >= 0.6 is 23.2 Å². The van der Waals surface area contributed by atoms with E-state index in [1.54, 1.807) is 24.3 Å². The molecule has 3 aromatic rings. The maximum absolute atomic E-state index is 11.4. The van der Waals surface area contributed by atoms with Crippen molar-refractivity contribution >= 4 is 29.5 Å². The number of phenolic OH excluding ortho intramolecular Hbond substituents is 1. The first-order chi connectivity index (χ1) is 12.6. The van der Waals surface area contributed by atoms with Gasteiger partial charge in [0.25, 0.3) is 0 Å². The Morgan fingerprint density at radius 1 is 0.846 bits per heavy atom. The molecule has 0 atom stereocenters. The van der Waals surface area contributed by atoms with Crippen LogP contribution in [0, 0.1) is 0 Å². The molecule has 132 valence electrons. The van der Waals surface area contributed by atoms with E-state index in [4.69, 9.17) is 23.2 Å². The van der Waals surface area contributed by atoms with Gasteiger partial charge in [-0.15, -0.1) is 0 Å². The van der Waals surface area contributed by atoms with Crippen LogP contribution in [0.2, 0.25) is 10.0 Å². The Balaban J connectivity index is 1.86. The second-order valence-corrected chi connectivity index (χ2v) is 6.98. The van der Waals surface area contributed by atoms with Gasteiger partial charge in [-0.2, -0.15) is 0 Å². The summed E-state index contributed by atoms with van der Waals surface area (Å²) >= 11 is 12.1. The van der Waals surface area contributed by atoms with Crippen LogP contribution in [0.3, 0.4) is 0 Å². The highest BCUT2D eigenvalue weighted by Gasteiger charge is 2.13. The van der Waals surface area contributed by atoms with E-state index in [-0.39, 0.29) is 11.3 Å². The van der Waals surface area contributed by atoms with E-state index in [2.05, 4.69) is 12.1 Å². The summed E-state index contributed by atoms with van der Waals surface area (Å²) in [6.07, 6.45) is 3.40. The molecule has 4 heteroatoms. The lowest BCUT2D eigenvalue weighted by atomic mass is 9.95. The number of carbonyl (C=O) groups excluding carboxylic acids is 1. The van der Waals surface area contributed by atoms with Crippen molar-refractivity contribution < 1.29 is 9.90 Å². The zero-order chi connectivity index (χ0) is 18.5. The smallest absolute Gasteiger partial charge is 0.153 e. The fourth-order valence-electron chi connectivity index (χ4n) is 2.98. The Labute approximate surface area is 163 Å². The molecule has 0 amide bonds. The maximum Gasteiger partial charge on any atom is 0.153 e. The van der Waals surface area contributed by atoms with Crippen molar-refractivity contribution in [3.8, 4) is 16.9 Å². The number of hydrogen-bond acceptors (Lipinski definition) is 2. The van der Waals surface area contributed by atoms with Gasteiger partial charge in [-0.05, 0) is 60.2 Å². The number of phenols is 1. The average molecular weight is 385 g/mol. The van der Waals surface area contributed by atoms with Gasteiger partial charge < -0.3 is 5.11 Å². The Morgan fingerprint density at radius 2 is 1.58 bits per heavy atom. The molecule has 0 heterocycles. The van der Waals surface area contributed by atoms with Crippen LogP contribution in [0.1, 0.15) is 27.9 Å². The zero-order valence-corrected chi connectivity index (χ0v) is 15.6. The van der Waals surface area contributed by atoms with Gasteiger partial charge in [0.15, 0.2) is 6.29 Å². The van der Waals surface area contributed by atoms with Gasteiger partial charge in [0, 0.05) is 5.56 Å². The van der Waals surface area contributed by atoms with Crippen LogP contribution in [-0.2, 0) is 12.8 Å². The first-order valence-corrected chi connectivity index (χ1v) is 9.14. The van der Waals surface area contributed by atoms with E-state index in [1.807, 2.05) is 24.3 Å². The van der Waals surface area contributed by atoms with Crippen molar-refractivity contribution in [2.24, 2.45) is 0 Å². The first kappa shape index (κ1) is 18.5. The van der Waals surface area contributed by atoms with Crippen LogP contribution < -0.4 is 0 Å². The van der Waals surface area contributed by atoms with Crippen molar-refractivity contribution in [3.63, 3.8) is 0 Å². The number of carbonyl (C=O) groups is 1. The third-order valence-corrected chi connectivity index (χ3v) is 5.07. The largest absolute Gasteiger partial charge is 0.507 e. The topological polar surface area (TPSA) is 37.3 Å². The quantitative estimate of drug-likeness (QED) is 0.502. The van der Waals surface area contributed by atoms with Crippen molar-refractivity contribution in [3.05, 3.63) is 87.4 Å². The molecule has 0 spiro atoms. The summed E-state index contributed by atoms with van der Waals surface area (Å²) in [6.45, 7) is 0. The van der Waals surface area contributed by atoms with Gasteiger partial charge in [-0.25, -0.2) is 0 Å². The van der Waals surface area contributed by atoms with Gasteiger partial charge in [0.2, 0.25) is 0 Å². The Hall–Kier alpha value is -2.29. The predicted octanol–water partition coefficient (Wildman–Crippen LogP) is 6.35. The molecule has 26 heavy (non-hydrogen) atoms.